The van der Waals surface area contributed by atoms with Gasteiger partial charge in [-0.05, 0) is 18.4 Å². The Morgan fingerprint density at radius 2 is 1.63 bits per heavy atom. The maximum absolute atomic E-state index is 13.1. The molecular weight excluding hydrogens is 359 g/mol. The zero-order valence-electron chi connectivity index (χ0n) is 14.5. The Balaban J connectivity index is 1.62. The van der Waals surface area contributed by atoms with Crippen LogP contribution in [0.5, 0.6) is 0 Å². The number of hydrogen-bond donors (Lipinski definition) is 1. The van der Waals surface area contributed by atoms with Crippen LogP contribution in [0.1, 0.15) is 31.2 Å². The number of esters is 2. The van der Waals surface area contributed by atoms with Crippen LogP contribution in [0.15, 0.2) is 46.1 Å². The van der Waals surface area contributed by atoms with E-state index in [4.69, 9.17) is 9.47 Å². The molecule has 0 fully saturated rings. The van der Waals surface area contributed by atoms with Crippen LogP contribution in [0.2, 0.25) is 0 Å². The van der Waals surface area contributed by atoms with Crippen molar-refractivity contribution in [3.63, 3.8) is 0 Å². The van der Waals surface area contributed by atoms with Gasteiger partial charge in [-0.2, -0.15) is 4.39 Å². The molecule has 0 spiro atoms. The standard InChI is InChI=1S/C18H19FN2O6/c19-14-10-21(18(25)20-17(14)24)12-27-16(23)9-5-4-8-15(22)26-11-13-6-2-1-3-7-13/h1-3,6-7,10H,4-5,8-9,11-12H2,(H,20,24,25). The number of halogens is 1. The molecule has 0 saturated heterocycles. The summed E-state index contributed by atoms with van der Waals surface area (Å²) in [7, 11) is 0. The van der Waals surface area contributed by atoms with Gasteiger partial charge in [0.2, 0.25) is 5.82 Å². The number of nitrogens with one attached hydrogen (secondary N) is 1. The molecule has 27 heavy (non-hydrogen) atoms. The average Bonchev–Trinajstić information content (AvgIpc) is 2.66. The summed E-state index contributed by atoms with van der Waals surface area (Å²) in [6, 6.07) is 9.27. The molecule has 0 atom stereocenters. The van der Waals surface area contributed by atoms with Crippen molar-refractivity contribution in [2.75, 3.05) is 0 Å². The van der Waals surface area contributed by atoms with Crippen molar-refractivity contribution in [3.05, 3.63) is 68.7 Å². The Morgan fingerprint density at radius 1 is 1.00 bits per heavy atom. The van der Waals surface area contributed by atoms with Gasteiger partial charge in [-0.1, -0.05) is 30.3 Å². The second kappa shape index (κ2) is 10.0. The lowest BCUT2D eigenvalue weighted by atomic mass is 10.2. The predicted octanol–water partition coefficient (Wildman–Crippen LogP) is 1.48. The van der Waals surface area contributed by atoms with Crippen molar-refractivity contribution in [2.24, 2.45) is 0 Å². The molecule has 0 saturated carbocycles. The van der Waals surface area contributed by atoms with E-state index in [-0.39, 0.29) is 25.4 Å². The molecule has 0 bridgehead atoms. The van der Waals surface area contributed by atoms with Gasteiger partial charge in [-0.25, -0.2) is 4.79 Å². The molecule has 0 amide bonds. The highest BCUT2D eigenvalue weighted by molar-refractivity contribution is 5.70. The van der Waals surface area contributed by atoms with E-state index in [0.29, 0.717) is 19.0 Å². The van der Waals surface area contributed by atoms with Crippen LogP contribution in [0.4, 0.5) is 4.39 Å². The summed E-state index contributed by atoms with van der Waals surface area (Å²) in [4.78, 5) is 47.3. The van der Waals surface area contributed by atoms with Gasteiger partial charge >= 0.3 is 17.6 Å². The first-order valence-corrected chi connectivity index (χ1v) is 8.30. The Kier molecular flexibility index (Phi) is 7.48. The number of aromatic amines is 1. The molecule has 1 N–H and O–H groups in total. The monoisotopic (exact) mass is 378 g/mol. The molecule has 8 nitrogen and oxygen atoms in total. The van der Waals surface area contributed by atoms with Gasteiger partial charge in [-0.3, -0.25) is 23.9 Å². The van der Waals surface area contributed by atoms with Crippen molar-refractivity contribution in [2.45, 2.75) is 39.0 Å². The number of H-pyrrole nitrogens is 1. The quantitative estimate of drug-likeness (QED) is 0.523. The molecule has 1 aromatic carbocycles. The minimum Gasteiger partial charge on any atom is -0.461 e. The Hall–Kier alpha value is -3.23. The maximum atomic E-state index is 13.1. The zero-order chi connectivity index (χ0) is 19.6. The van der Waals surface area contributed by atoms with E-state index in [9.17, 15) is 23.6 Å². The number of hydrogen-bond acceptors (Lipinski definition) is 6. The van der Waals surface area contributed by atoms with Gasteiger partial charge in [0.25, 0.3) is 5.56 Å². The third-order valence-corrected chi connectivity index (χ3v) is 3.59. The van der Waals surface area contributed by atoms with E-state index < -0.39 is 29.8 Å². The Morgan fingerprint density at radius 3 is 2.30 bits per heavy atom. The SMILES string of the molecule is O=C(CCCCC(=O)OCn1cc(F)c(=O)[nH]c1=O)OCc1ccccc1. The van der Waals surface area contributed by atoms with E-state index in [1.54, 1.807) is 4.98 Å². The molecule has 0 radical (unpaired) electrons. The molecule has 1 heterocycles. The first kappa shape index (κ1) is 20.1. The van der Waals surface area contributed by atoms with E-state index in [1.807, 2.05) is 30.3 Å². The normalized spacial score (nSPS) is 10.4. The third-order valence-electron chi connectivity index (χ3n) is 3.59. The van der Waals surface area contributed by atoms with Gasteiger partial charge in [-0.15, -0.1) is 0 Å². The lowest BCUT2D eigenvalue weighted by molar-refractivity contribution is -0.149. The predicted molar refractivity (Wildman–Crippen MR) is 92.1 cm³/mol. The lowest BCUT2D eigenvalue weighted by Gasteiger charge is -2.07. The van der Waals surface area contributed by atoms with Gasteiger partial charge < -0.3 is 9.47 Å². The summed E-state index contributed by atoms with van der Waals surface area (Å²) < 4.78 is 23.8. The second-order valence-corrected chi connectivity index (χ2v) is 5.70. The van der Waals surface area contributed by atoms with Crippen LogP contribution >= 0.6 is 0 Å². The molecule has 0 aliphatic carbocycles. The van der Waals surface area contributed by atoms with Crippen molar-refractivity contribution in [3.8, 4) is 0 Å². The minimum atomic E-state index is -1.15. The highest BCUT2D eigenvalue weighted by Gasteiger charge is 2.08. The summed E-state index contributed by atoms with van der Waals surface area (Å²) >= 11 is 0. The minimum absolute atomic E-state index is 0.0343. The van der Waals surface area contributed by atoms with Gasteiger partial charge in [0, 0.05) is 12.8 Å². The molecule has 2 rings (SSSR count). The second-order valence-electron chi connectivity index (χ2n) is 5.70. The fraction of sp³-hybridized carbons (Fsp3) is 0.333. The van der Waals surface area contributed by atoms with Crippen molar-refractivity contribution in [1.29, 1.82) is 0 Å². The number of unbranched alkanes of at least 4 members (excludes halogenated alkanes) is 1. The number of carbonyl (C=O) groups excluding carboxylic acids is 2. The summed E-state index contributed by atoms with van der Waals surface area (Å²) in [6.07, 6.45) is 1.71. The molecule has 0 unspecified atom stereocenters. The average molecular weight is 378 g/mol. The van der Waals surface area contributed by atoms with Crippen LogP contribution in [-0.2, 0) is 32.4 Å². The molecule has 0 aliphatic heterocycles. The number of rotatable bonds is 9. The van der Waals surface area contributed by atoms with Crippen LogP contribution in [0.25, 0.3) is 0 Å². The topological polar surface area (TPSA) is 107 Å². The van der Waals surface area contributed by atoms with Crippen LogP contribution in [0.3, 0.4) is 0 Å². The van der Waals surface area contributed by atoms with Crippen LogP contribution in [0, 0.1) is 5.82 Å². The molecule has 144 valence electrons. The van der Waals surface area contributed by atoms with Gasteiger partial charge in [0.15, 0.2) is 6.73 Å². The zero-order valence-corrected chi connectivity index (χ0v) is 14.5. The van der Waals surface area contributed by atoms with Gasteiger partial charge in [0.05, 0.1) is 6.20 Å². The van der Waals surface area contributed by atoms with Gasteiger partial charge in [0.1, 0.15) is 6.61 Å². The summed E-state index contributed by atoms with van der Waals surface area (Å²) in [5, 5.41) is 0. The first-order valence-electron chi connectivity index (χ1n) is 8.30. The third kappa shape index (κ3) is 6.89. The fourth-order valence-corrected chi connectivity index (χ4v) is 2.14. The van der Waals surface area contributed by atoms with E-state index in [2.05, 4.69) is 0 Å². The first-order chi connectivity index (χ1) is 13.0. The summed E-state index contributed by atoms with van der Waals surface area (Å²) in [5.41, 5.74) is -1.12. The van der Waals surface area contributed by atoms with Crippen molar-refractivity contribution >= 4 is 11.9 Å². The van der Waals surface area contributed by atoms with E-state index in [0.717, 1.165) is 10.1 Å². The Bertz CT molecular complexity index is 891. The maximum Gasteiger partial charge on any atom is 0.331 e. The van der Waals surface area contributed by atoms with Crippen LogP contribution in [-0.4, -0.2) is 21.5 Å². The smallest absolute Gasteiger partial charge is 0.331 e. The highest BCUT2D eigenvalue weighted by Crippen LogP contribution is 2.06. The number of nitrogens with zero attached hydrogens (tertiary/aromatic N) is 1. The molecule has 0 aliphatic rings. The number of ether oxygens (including phenoxy) is 2. The summed E-state index contributed by atoms with van der Waals surface area (Å²) in [5.74, 6) is -2.12. The lowest BCUT2D eigenvalue weighted by Crippen LogP contribution is -2.32. The number of aromatic nitrogens is 2. The van der Waals surface area contributed by atoms with Crippen molar-refractivity contribution < 1.29 is 23.5 Å². The Labute approximate surface area is 153 Å². The highest BCUT2D eigenvalue weighted by atomic mass is 19.1. The largest absolute Gasteiger partial charge is 0.461 e. The van der Waals surface area contributed by atoms with Crippen molar-refractivity contribution in [1.82, 2.24) is 9.55 Å². The molecule has 2 aromatic rings. The van der Waals surface area contributed by atoms with Crippen LogP contribution < -0.4 is 11.2 Å². The molecule has 9 heteroatoms. The molecular formula is C18H19FN2O6. The molecule has 1 aromatic heterocycles. The fourth-order valence-electron chi connectivity index (χ4n) is 2.14. The van der Waals surface area contributed by atoms with E-state index >= 15 is 0 Å². The number of benzene rings is 1. The number of carbonyl (C=O) groups is 2. The summed E-state index contributed by atoms with van der Waals surface area (Å²) in [6.45, 7) is -0.309. The van der Waals surface area contributed by atoms with E-state index in [1.165, 1.54) is 0 Å².